The van der Waals surface area contributed by atoms with Crippen molar-refractivity contribution in [1.82, 2.24) is 10.2 Å². The van der Waals surface area contributed by atoms with Crippen LogP contribution in [-0.4, -0.2) is 47.6 Å². The molecule has 0 aliphatic rings. The molecule has 20 heavy (non-hydrogen) atoms. The Bertz CT molecular complexity index is 480. The van der Waals surface area contributed by atoms with Crippen LogP contribution in [0.15, 0.2) is 24.3 Å². The molecule has 0 aliphatic heterocycles. The molecule has 0 aromatic heterocycles. The van der Waals surface area contributed by atoms with Crippen molar-refractivity contribution >= 4 is 23.4 Å². The van der Waals surface area contributed by atoms with Gasteiger partial charge >= 0.3 is 0 Å². The molecule has 0 saturated heterocycles. The fourth-order valence-corrected chi connectivity index (χ4v) is 1.93. The van der Waals surface area contributed by atoms with Crippen molar-refractivity contribution in [2.24, 2.45) is 0 Å². The molecule has 1 rings (SSSR count). The summed E-state index contributed by atoms with van der Waals surface area (Å²) in [6.07, 6.45) is 0. The zero-order valence-electron chi connectivity index (χ0n) is 11.8. The Kier molecular flexibility index (Phi) is 5.68. The van der Waals surface area contributed by atoms with E-state index < -0.39 is 17.4 Å². The van der Waals surface area contributed by atoms with Crippen molar-refractivity contribution in [3.63, 3.8) is 0 Å². The Balaban J connectivity index is 2.50. The van der Waals surface area contributed by atoms with Crippen LogP contribution in [0.3, 0.4) is 0 Å². The monoisotopic (exact) mass is 298 g/mol. The summed E-state index contributed by atoms with van der Waals surface area (Å²) in [6, 6.07) is 6.26. The molecule has 0 aliphatic carbocycles. The fraction of sp³-hybridized carbons (Fsp3) is 0.429. The van der Waals surface area contributed by atoms with E-state index in [1.54, 1.807) is 50.1 Å². The Labute approximate surface area is 123 Å². The second-order valence-electron chi connectivity index (χ2n) is 5.37. The summed E-state index contributed by atoms with van der Waals surface area (Å²) in [6.45, 7) is 3.67. The minimum atomic E-state index is -0.894. The summed E-state index contributed by atoms with van der Waals surface area (Å²) in [7, 11) is 1.70. The second-order valence-corrected chi connectivity index (χ2v) is 5.81. The molecule has 2 amide bonds. The first-order chi connectivity index (χ1) is 9.17. The Morgan fingerprint density at radius 2 is 1.85 bits per heavy atom. The van der Waals surface area contributed by atoms with Gasteiger partial charge in [0.15, 0.2) is 0 Å². The SMILES string of the molecule is CN(CC(=O)NC(=O)c1ccc(Cl)cc1)CC(C)(C)O. The molecule has 0 spiro atoms. The molecule has 1 aromatic carbocycles. The minimum Gasteiger partial charge on any atom is -0.389 e. The number of imide groups is 1. The van der Waals surface area contributed by atoms with Gasteiger partial charge in [-0.2, -0.15) is 0 Å². The van der Waals surface area contributed by atoms with E-state index in [9.17, 15) is 14.7 Å². The van der Waals surface area contributed by atoms with Crippen LogP contribution < -0.4 is 5.32 Å². The van der Waals surface area contributed by atoms with Gasteiger partial charge in [-0.1, -0.05) is 11.6 Å². The number of amides is 2. The van der Waals surface area contributed by atoms with Gasteiger partial charge in [-0.05, 0) is 45.2 Å². The molecule has 0 fully saturated rings. The Morgan fingerprint density at radius 3 is 2.35 bits per heavy atom. The standard InChI is InChI=1S/C14H19ClN2O3/c1-14(2,20)9-17(3)8-12(18)16-13(19)10-4-6-11(15)7-5-10/h4-7,20H,8-9H2,1-3H3,(H,16,18,19). The summed E-state index contributed by atoms with van der Waals surface area (Å²) < 4.78 is 0. The van der Waals surface area contributed by atoms with E-state index in [2.05, 4.69) is 5.32 Å². The van der Waals surface area contributed by atoms with Crippen LogP contribution >= 0.6 is 11.6 Å². The third-order valence-corrected chi connectivity index (χ3v) is 2.68. The molecule has 5 nitrogen and oxygen atoms in total. The number of nitrogens with one attached hydrogen (secondary N) is 1. The molecule has 0 atom stereocenters. The number of halogens is 1. The highest BCUT2D eigenvalue weighted by Gasteiger charge is 2.18. The topological polar surface area (TPSA) is 69.6 Å². The van der Waals surface area contributed by atoms with Crippen LogP contribution in [0.5, 0.6) is 0 Å². The highest BCUT2D eigenvalue weighted by atomic mass is 35.5. The lowest BCUT2D eigenvalue weighted by atomic mass is 10.1. The summed E-state index contributed by atoms with van der Waals surface area (Å²) in [4.78, 5) is 25.1. The van der Waals surface area contributed by atoms with Crippen molar-refractivity contribution in [2.75, 3.05) is 20.1 Å². The summed E-state index contributed by atoms with van der Waals surface area (Å²) in [5.41, 5.74) is -0.525. The highest BCUT2D eigenvalue weighted by Crippen LogP contribution is 2.09. The number of nitrogens with zero attached hydrogens (tertiary/aromatic N) is 1. The summed E-state index contributed by atoms with van der Waals surface area (Å²) in [5.74, 6) is -0.889. The molecule has 6 heteroatoms. The molecule has 0 saturated carbocycles. The molecular formula is C14H19ClN2O3. The van der Waals surface area contributed by atoms with Crippen molar-refractivity contribution in [3.8, 4) is 0 Å². The number of carbonyl (C=O) groups excluding carboxylic acids is 2. The third kappa shape index (κ3) is 6.14. The predicted molar refractivity (Wildman–Crippen MR) is 77.7 cm³/mol. The Hall–Kier alpha value is -1.43. The molecule has 1 aromatic rings. The first kappa shape index (κ1) is 16.6. The number of hydrogen-bond donors (Lipinski definition) is 2. The Morgan fingerprint density at radius 1 is 1.30 bits per heavy atom. The van der Waals surface area contributed by atoms with E-state index in [0.717, 1.165) is 0 Å². The van der Waals surface area contributed by atoms with E-state index in [0.29, 0.717) is 17.1 Å². The average molecular weight is 299 g/mol. The number of likely N-dealkylation sites (N-methyl/N-ethyl adjacent to an activating group) is 1. The van der Waals surface area contributed by atoms with Gasteiger partial charge < -0.3 is 5.11 Å². The van der Waals surface area contributed by atoms with Gasteiger partial charge in [0.1, 0.15) is 0 Å². The molecular weight excluding hydrogens is 280 g/mol. The van der Waals surface area contributed by atoms with E-state index >= 15 is 0 Å². The van der Waals surface area contributed by atoms with Crippen molar-refractivity contribution in [2.45, 2.75) is 19.4 Å². The zero-order valence-corrected chi connectivity index (χ0v) is 12.6. The van der Waals surface area contributed by atoms with Crippen molar-refractivity contribution in [1.29, 1.82) is 0 Å². The molecule has 0 heterocycles. The molecule has 2 N–H and O–H groups in total. The van der Waals surface area contributed by atoms with Crippen LogP contribution in [-0.2, 0) is 4.79 Å². The number of carbonyl (C=O) groups is 2. The third-order valence-electron chi connectivity index (χ3n) is 2.43. The fourth-order valence-electron chi connectivity index (χ4n) is 1.80. The van der Waals surface area contributed by atoms with E-state index in [4.69, 9.17) is 11.6 Å². The summed E-state index contributed by atoms with van der Waals surface area (Å²) >= 11 is 5.72. The van der Waals surface area contributed by atoms with Gasteiger partial charge in [-0.25, -0.2) is 0 Å². The van der Waals surface area contributed by atoms with Crippen LogP contribution in [0.4, 0.5) is 0 Å². The molecule has 110 valence electrons. The van der Waals surface area contributed by atoms with Crippen LogP contribution in [0, 0.1) is 0 Å². The van der Waals surface area contributed by atoms with Crippen LogP contribution in [0.25, 0.3) is 0 Å². The maximum Gasteiger partial charge on any atom is 0.257 e. The van der Waals surface area contributed by atoms with E-state index in [1.807, 2.05) is 0 Å². The van der Waals surface area contributed by atoms with Gasteiger partial charge in [-0.15, -0.1) is 0 Å². The van der Waals surface area contributed by atoms with Gasteiger partial charge in [0.05, 0.1) is 12.1 Å². The lowest BCUT2D eigenvalue weighted by molar-refractivity contribution is -0.121. The lowest BCUT2D eigenvalue weighted by Gasteiger charge is -2.24. The molecule has 0 unspecified atom stereocenters. The minimum absolute atomic E-state index is 0.0311. The second kappa shape index (κ2) is 6.83. The first-order valence-electron chi connectivity index (χ1n) is 6.18. The highest BCUT2D eigenvalue weighted by molar-refractivity contribution is 6.30. The quantitative estimate of drug-likeness (QED) is 0.860. The number of hydrogen-bond acceptors (Lipinski definition) is 4. The van der Waals surface area contributed by atoms with Crippen LogP contribution in [0.2, 0.25) is 5.02 Å². The zero-order chi connectivity index (χ0) is 15.3. The smallest absolute Gasteiger partial charge is 0.257 e. The average Bonchev–Trinajstić information content (AvgIpc) is 2.26. The summed E-state index contributed by atoms with van der Waals surface area (Å²) in [5, 5.41) is 12.4. The van der Waals surface area contributed by atoms with E-state index in [1.165, 1.54) is 0 Å². The normalized spacial score (nSPS) is 11.5. The number of aliphatic hydroxyl groups is 1. The first-order valence-corrected chi connectivity index (χ1v) is 6.56. The maximum absolute atomic E-state index is 11.8. The van der Waals surface area contributed by atoms with Crippen LogP contribution in [0.1, 0.15) is 24.2 Å². The number of rotatable bonds is 5. The predicted octanol–water partition coefficient (Wildman–Crippen LogP) is 1.30. The van der Waals surface area contributed by atoms with Gasteiger partial charge in [0.25, 0.3) is 5.91 Å². The van der Waals surface area contributed by atoms with E-state index in [-0.39, 0.29) is 6.54 Å². The van der Waals surface area contributed by atoms with Gasteiger partial charge in [-0.3, -0.25) is 19.8 Å². The molecule has 0 bridgehead atoms. The lowest BCUT2D eigenvalue weighted by Crippen LogP contribution is -2.43. The van der Waals surface area contributed by atoms with Gasteiger partial charge in [0.2, 0.25) is 5.91 Å². The number of benzene rings is 1. The largest absolute Gasteiger partial charge is 0.389 e. The van der Waals surface area contributed by atoms with Gasteiger partial charge in [0, 0.05) is 17.1 Å². The van der Waals surface area contributed by atoms with Crippen molar-refractivity contribution < 1.29 is 14.7 Å². The molecule has 0 radical (unpaired) electrons. The van der Waals surface area contributed by atoms with Crippen molar-refractivity contribution in [3.05, 3.63) is 34.9 Å². The maximum atomic E-state index is 11.8.